The highest BCUT2D eigenvalue weighted by Gasteiger charge is 2.14. The second-order valence-electron chi connectivity index (χ2n) is 12.1. The second-order valence-corrected chi connectivity index (χ2v) is 12.1. The molecule has 0 spiro atoms. The monoisotopic (exact) mass is 508 g/mol. The van der Waals surface area contributed by atoms with Crippen LogP contribution in [0.5, 0.6) is 11.5 Å². The Kier molecular flexibility index (Phi) is 9.80. The van der Waals surface area contributed by atoms with Crippen LogP contribution >= 0.6 is 0 Å². The summed E-state index contributed by atoms with van der Waals surface area (Å²) < 4.78 is 10.5. The molecule has 4 aromatic carbocycles. The lowest BCUT2D eigenvalue weighted by molar-refractivity contribution is 0.174. The summed E-state index contributed by atoms with van der Waals surface area (Å²) in [5.74, 6) is 2.28. The average Bonchev–Trinajstić information content (AvgIpc) is 3.38. The van der Waals surface area contributed by atoms with Gasteiger partial charge in [0, 0.05) is 0 Å². The normalized spacial score (nSPS) is 12.2. The second kappa shape index (κ2) is 12.8. The van der Waals surface area contributed by atoms with E-state index in [1.54, 1.807) is 0 Å². The molecule has 0 aliphatic carbocycles. The third-order valence-corrected chi connectivity index (χ3v) is 6.56. The van der Waals surface area contributed by atoms with E-state index in [4.69, 9.17) is 9.47 Å². The standard InChI is InChI=1S/C16H18.C10H12O2.C10H14/c1-16(2,3)15-11-9-14(10-12-15)13-7-5-4-6-8-13;1-7(2)8-3-4-9-10(5-8)12-6-11-9;1-10(2,3)9-7-5-4-6-8-9/h4-12H,1-3H3;3-5,7H,6H2,1-2H3;4-8H,1-3H3. The molecule has 2 nitrogen and oxygen atoms in total. The average molecular weight is 509 g/mol. The van der Waals surface area contributed by atoms with Crippen LogP contribution in [0, 0.1) is 0 Å². The predicted molar refractivity (Wildman–Crippen MR) is 162 cm³/mol. The van der Waals surface area contributed by atoms with E-state index < -0.39 is 0 Å². The van der Waals surface area contributed by atoms with Crippen molar-refractivity contribution in [1.29, 1.82) is 0 Å². The molecule has 0 atom stereocenters. The topological polar surface area (TPSA) is 18.5 Å². The summed E-state index contributed by atoms with van der Waals surface area (Å²) >= 11 is 0. The lowest BCUT2D eigenvalue weighted by Crippen LogP contribution is -2.10. The van der Waals surface area contributed by atoms with Gasteiger partial charge in [0.1, 0.15) is 0 Å². The number of benzene rings is 4. The van der Waals surface area contributed by atoms with Crippen LogP contribution in [-0.2, 0) is 10.8 Å². The molecule has 0 amide bonds. The van der Waals surface area contributed by atoms with Gasteiger partial charge in [-0.15, -0.1) is 0 Å². The Morgan fingerprint density at radius 3 is 1.50 bits per heavy atom. The molecule has 0 radical (unpaired) electrons. The summed E-state index contributed by atoms with van der Waals surface area (Å²) in [6, 6.07) is 36.0. The summed E-state index contributed by atoms with van der Waals surface area (Å²) in [5.41, 5.74) is 7.16. The third-order valence-electron chi connectivity index (χ3n) is 6.56. The lowest BCUT2D eigenvalue weighted by Gasteiger charge is -2.19. The highest BCUT2D eigenvalue weighted by molar-refractivity contribution is 5.63. The first kappa shape index (κ1) is 29.0. The fourth-order valence-corrected chi connectivity index (χ4v) is 4.00. The maximum absolute atomic E-state index is 5.27. The van der Waals surface area contributed by atoms with Crippen molar-refractivity contribution < 1.29 is 9.47 Å². The van der Waals surface area contributed by atoms with E-state index in [9.17, 15) is 0 Å². The van der Waals surface area contributed by atoms with E-state index in [0.29, 0.717) is 18.1 Å². The Bertz CT molecular complexity index is 1240. The molecule has 0 unspecified atom stereocenters. The number of hydrogen-bond donors (Lipinski definition) is 0. The van der Waals surface area contributed by atoms with Crippen LogP contribution in [0.4, 0.5) is 0 Å². The fraction of sp³-hybridized carbons (Fsp3) is 0.333. The van der Waals surface area contributed by atoms with Gasteiger partial charge in [0.05, 0.1) is 0 Å². The minimum Gasteiger partial charge on any atom is -0.454 e. The first-order valence-electron chi connectivity index (χ1n) is 13.6. The van der Waals surface area contributed by atoms with E-state index in [1.807, 2.05) is 18.2 Å². The van der Waals surface area contributed by atoms with Crippen molar-refractivity contribution in [1.82, 2.24) is 0 Å². The van der Waals surface area contributed by atoms with Gasteiger partial charge >= 0.3 is 0 Å². The molecule has 38 heavy (non-hydrogen) atoms. The molecule has 200 valence electrons. The Labute approximate surface area is 230 Å². The van der Waals surface area contributed by atoms with Gasteiger partial charge in [-0.2, -0.15) is 0 Å². The number of ether oxygens (including phenoxy) is 2. The first-order chi connectivity index (χ1) is 17.9. The zero-order valence-electron chi connectivity index (χ0n) is 24.4. The van der Waals surface area contributed by atoms with Crippen LogP contribution in [0.15, 0.2) is 103 Å². The van der Waals surface area contributed by atoms with E-state index in [0.717, 1.165) is 11.5 Å². The zero-order valence-corrected chi connectivity index (χ0v) is 24.4. The molecule has 0 saturated carbocycles. The molecule has 0 saturated heterocycles. The van der Waals surface area contributed by atoms with Crippen LogP contribution in [0.1, 0.15) is 78.0 Å². The van der Waals surface area contributed by atoms with Crippen molar-refractivity contribution in [2.45, 2.75) is 72.1 Å². The van der Waals surface area contributed by atoms with Gasteiger partial charge in [0.15, 0.2) is 11.5 Å². The Morgan fingerprint density at radius 1 is 0.526 bits per heavy atom. The highest BCUT2D eigenvalue weighted by atomic mass is 16.7. The third kappa shape index (κ3) is 8.52. The largest absolute Gasteiger partial charge is 0.454 e. The van der Waals surface area contributed by atoms with Gasteiger partial charge in [-0.05, 0) is 56.7 Å². The minimum absolute atomic E-state index is 0.231. The molecule has 4 aromatic rings. The van der Waals surface area contributed by atoms with Crippen LogP contribution in [0.25, 0.3) is 11.1 Å². The van der Waals surface area contributed by atoms with E-state index in [-0.39, 0.29) is 5.41 Å². The van der Waals surface area contributed by atoms with Crippen LogP contribution in [0.3, 0.4) is 0 Å². The summed E-state index contributed by atoms with van der Waals surface area (Å²) in [5, 5.41) is 0. The van der Waals surface area contributed by atoms with Crippen molar-refractivity contribution >= 4 is 0 Å². The zero-order chi connectivity index (χ0) is 27.8. The van der Waals surface area contributed by atoms with Crippen molar-refractivity contribution in [3.05, 3.63) is 120 Å². The van der Waals surface area contributed by atoms with Crippen molar-refractivity contribution in [2.24, 2.45) is 0 Å². The molecule has 5 rings (SSSR count). The van der Waals surface area contributed by atoms with Crippen LogP contribution in [-0.4, -0.2) is 6.79 Å². The summed E-state index contributed by atoms with van der Waals surface area (Å²) in [7, 11) is 0. The smallest absolute Gasteiger partial charge is 0.231 e. The van der Waals surface area contributed by atoms with Crippen LogP contribution in [0.2, 0.25) is 0 Å². The molecule has 1 aliphatic heterocycles. The number of hydrogen-bond acceptors (Lipinski definition) is 2. The molecule has 1 aliphatic rings. The molecule has 0 aromatic heterocycles. The maximum atomic E-state index is 5.27. The van der Waals surface area contributed by atoms with Crippen molar-refractivity contribution in [3.63, 3.8) is 0 Å². The molecular weight excluding hydrogens is 464 g/mol. The van der Waals surface area contributed by atoms with Gasteiger partial charge in [-0.3, -0.25) is 0 Å². The van der Waals surface area contributed by atoms with Crippen molar-refractivity contribution in [3.8, 4) is 22.6 Å². The quantitative estimate of drug-likeness (QED) is 0.268. The molecule has 0 N–H and O–H groups in total. The Balaban J connectivity index is 0.000000163. The molecule has 0 bridgehead atoms. The van der Waals surface area contributed by atoms with Gasteiger partial charge in [0.25, 0.3) is 0 Å². The van der Waals surface area contributed by atoms with Gasteiger partial charge < -0.3 is 9.47 Å². The minimum atomic E-state index is 0.231. The molecular formula is C36H44O2. The molecule has 0 fully saturated rings. The summed E-state index contributed by atoms with van der Waals surface area (Å²) in [4.78, 5) is 0. The lowest BCUT2D eigenvalue weighted by atomic mass is 9.86. The SMILES string of the molecule is CC(C)(C)c1ccc(-c2ccccc2)cc1.CC(C)(C)c1ccccc1.CC(C)c1ccc2c(c1)OCO2. The van der Waals surface area contributed by atoms with E-state index in [2.05, 4.69) is 140 Å². The maximum Gasteiger partial charge on any atom is 0.231 e. The van der Waals surface area contributed by atoms with Gasteiger partial charge in [-0.1, -0.05) is 146 Å². The summed E-state index contributed by atoms with van der Waals surface area (Å²) in [6.45, 7) is 18.1. The Hall–Kier alpha value is -3.52. The fourth-order valence-electron chi connectivity index (χ4n) is 4.00. The predicted octanol–water partition coefficient (Wildman–Crippen LogP) is 10.2. The Morgan fingerprint density at radius 2 is 1.00 bits per heavy atom. The van der Waals surface area contributed by atoms with Crippen molar-refractivity contribution in [2.75, 3.05) is 6.79 Å². The van der Waals surface area contributed by atoms with Gasteiger partial charge in [0.2, 0.25) is 6.79 Å². The van der Waals surface area contributed by atoms with Crippen LogP contribution < -0.4 is 9.47 Å². The highest BCUT2D eigenvalue weighted by Crippen LogP contribution is 2.34. The summed E-state index contributed by atoms with van der Waals surface area (Å²) in [6.07, 6.45) is 0. The van der Waals surface area contributed by atoms with E-state index >= 15 is 0 Å². The number of fused-ring (bicyclic) bond motifs is 1. The molecule has 2 heteroatoms. The van der Waals surface area contributed by atoms with E-state index in [1.165, 1.54) is 27.8 Å². The first-order valence-corrected chi connectivity index (χ1v) is 13.6. The molecule has 1 heterocycles. The van der Waals surface area contributed by atoms with Gasteiger partial charge in [-0.25, -0.2) is 0 Å². The number of rotatable bonds is 2.